The predicted octanol–water partition coefficient (Wildman–Crippen LogP) is 2.55. The first-order valence-electron chi connectivity index (χ1n) is 5.57. The van der Waals surface area contributed by atoms with Gasteiger partial charge in [-0.2, -0.15) is 16.4 Å². The molecule has 0 aliphatic carbocycles. The number of nitrogens with one attached hydrogen (secondary N) is 2. The molecule has 2 heterocycles. The lowest BCUT2D eigenvalue weighted by Gasteiger charge is -2.02. The van der Waals surface area contributed by atoms with Crippen molar-refractivity contribution >= 4 is 28.1 Å². The maximum Gasteiger partial charge on any atom is 0.252 e. The third-order valence-electron chi connectivity index (χ3n) is 2.75. The van der Waals surface area contributed by atoms with E-state index in [-0.39, 0.29) is 5.91 Å². The van der Waals surface area contributed by atoms with Crippen LogP contribution in [-0.2, 0) is 6.54 Å². The predicted molar refractivity (Wildman–Crippen MR) is 71.6 cm³/mol. The molecule has 2 aromatic heterocycles. The Kier molecular flexibility index (Phi) is 2.82. The molecule has 0 saturated carbocycles. The van der Waals surface area contributed by atoms with Gasteiger partial charge in [-0.25, -0.2) is 0 Å². The van der Waals surface area contributed by atoms with E-state index in [0.29, 0.717) is 12.1 Å². The van der Waals surface area contributed by atoms with Crippen molar-refractivity contribution in [3.05, 3.63) is 52.3 Å². The lowest BCUT2D eigenvalue weighted by atomic mass is 10.2. The number of carbonyl (C=O) groups is 1. The Labute approximate surface area is 108 Å². The van der Waals surface area contributed by atoms with Crippen LogP contribution >= 0.6 is 11.3 Å². The Morgan fingerprint density at radius 2 is 2.22 bits per heavy atom. The van der Waals surface area contributed by atoms with E-state index in [2.05, 4.69) is 15.5 Å². The third-order valence-corrected chi connectivity index (χ3v) is 3.43. The molecule has 4 nitrogen and oxygen atoms in total. The van der Waals surface area contributed by atoms with Gasteiger partial charge >= 0.3 is 0 Å². The summed E-state index contributed by atoms with van der Waals surface area (Å²) in [7, 11) is 0. The van der Waals surface area contributed by atoms with Crippen molar-refractivity contribution in [1.82, 2.24) is 15.5 Å². The Bertz CT molecular complexity index is 672. The molecule has 0 radical (unpaired) electrons. The molecule has 2 N–H and O–H groups in total. The van der Waals surface area contributed by atoms with Crippen molar-refractivity contribution in [2.45, 2.75) is 6.54 Å². The van der Waals surface area contributed by atoms with Gasteiger partial charge in [-0.1, -0.05) is 18.2 Å². The smallest absolute Gasteiger partial charge is 0.252 e. The summed E-state index contributed by atoms with van der Waals surface area (Å²) >= 11 is 1.51. The second-order valence-corrected chi connectivity index (χ2v) is 4.69. The number of para-hydroxylation sites is 1. The van der Waals surface area contributed by atoms with Crippen LogP contribution in [0, 0.1) is 0 Å². The second kappa shape index (κ2) is 4.62. The zero-order chi connectivity index (χ0) is 12.4. The number of aromatic nitrogens is 2. The van der Waals surface area contributed by atoms with E-state index in [0.717, 1.165) is 16.6 Å². The fourth-order valence-corrected chi connectivity index (χ4v) is 2.45. The largest absolute Gasteiger partial charge is 0.346 e. The van der Waals surface area contributed by atoms with Crippen LogP contribution in [0.5, 0.6) is 0 Å². The van der Waals surface area contributed by atoms with Gasteiger partial charge in [0.2, 0.25) is 0 Å². The highest BCUT2D eigenvalue weighted by Gasteiger charge is 2.08. The summed E-state index contributed by atoms with van der Waals surface area (Å²) in [6, 6.07) is 9.64. The molecule has 0 spiro atoms. The lowest BCUT2D eigenvalue weighted by Crippen LogP contribution is -2.22. The van der Waals surface area contributed by atoms with Crippen molar-refractivity contribution in [2.75, 3.05) is 0 Å². The summed E-state index contributed by atoms with van der Waals surface area (Å²) in [5, 5.41) is 14.8. The molecule has 18 heavy (non-hydrogen) atoms. The molecule has 5 heteroatoms. The van der Waals surface area contributed by atoms with Crippen LogP contribution in [0.3, 0.4) is 0 Å². The number of amides is 1. The van der Waals surface area contributed by atoms with E-state index in [1.54, 1.807) is 0 Å². The number of H-pyrrole nitrogens is 1. The Balaban J connectivity index is 1.76. The Hall–Kier alpha value is -2.14. The first-order valence-corrected chi connectivity index (χ1v) is 6.51. The van der Waals surface area contributed by atoms with Crippen molar-refractivity contribution < 1.29 is 4.79 Å². The number of rotatable bonds is 3. The maximum atomic E-state index is 11.8. The van der Waals surface area contributed by atoms with Gasteiger partial charge in [0, 0.05) is 16.3 Å². The number of aromatic amines is 1. The van der Waals surface area contributed by atoms with Crippen LogP contribution in [0.15, 0.2) is 41.1 Å². The average Bonchev–Trinajstić information content (AvgIpc) is 3.06. The van der Waals surface area contributed by atoms with Gasteiger partial charge in [-0.15, -0.1) is 0 Å². The van der Waals surface area contributed by atoms with Gasteiger partial charge < -0.3 is 5.32 Å². The minimum Gasteiger partial charge on any atom is -0.346 e. The van der Waals surface area contributed by atoms with Gasteiger partial charge in [-0.3, -0.25) is 9.89 Å². The van der Waals surface area contributed by atoms with Crippen LogP contribution in [0.1, 0.15) is 16.1 Å². The first-order chi connectivity index (χ1) is 8.84. The van der Waals surface area contributed by atoms with Gasteiger partial charge in [0.15, 0.2) is 0 Å². The molecule has 0 bridgehead atoms. The molecule has 0 aliphatic heterocycles. The topological polar surface area (TPSA) is 57.8 Å². The van der Waals surface area contributed by atoms with E-state index in [1.165, 1.54) is 11.3 Å². The monoisotopic (exact) mass is 257 g/mol. The number of benzene rings is 1. The average molecular weight is 257 g/mol. The first kappa shape index (κ1) is 11.0. The number of carbonyl (C=O) groups excluding carboxylic acids is 1. The van der Waals surface area contributed by atoms with Crippen LogP contribution in [0.25, 0.3) is 10.9 Å². The standard InChI is InChI=1S/C13H11N3OS/c17-13(9-5-6-18-8-9)14-7-12-10-3-1-2-4-11(10)15-16-12/h1-6,8H,7H2,(H,14,17)(H,15,16). The summed E-state index contributed by atoms with van der Waals surface area (Å²) in [5.74, 6) is -0.0602. The van der Waals surface area contributed by atoms with Crippen LogP contribution in [-0.4, -0.2) is 16.1 Å². The molecule has 0 fully saturated rings. The number of fused-ring (bicyclic) bond motifs is 1. The molecular formula is C13H11N3OS. The molecule has 1 amide bonds. The Morgan fingerprint density at radius 1 is 1.33 bits per heavy atom. The quantitative estimate of drug-likeness (QED) is 0.757. The lowest BCUT2D eigenvalue weighted by molar-refractivity contribution is 0.0951. The highest BCUT2D eigenvalue weighted by molar-refractivity contribution is 7.08. The summed E-state index contributed by atoms with van der Waals surface area (Å²) < 4.78 is 0. The molecule has 0 aliphatic rings. The van der Waals surface area contributed by atoms with Crippen molar-refractivity contribution in [2.24, 2.45) is 0 Å². The van der Waals surface area contributed by atoms with E-state index in [4.69, 9.17) is 0 Å². The molecule has 3 aromatic rings. The molecule has 0 unspecified atom stereocenters. The van der Waals surface area contributed by atoms with Crippen molar-refractivity contribution in [1.29, 1.82) is 0 Å². The van der Waals surface area contributed by atoms with E-state index >= 15 is 0 Å². The highest BCUT2D eigenvalue weighted by atomic mass is 32.1. The second-order valence-electron chi connectivity index (χ2n) is 3.91. The van der Waals surface area contributed by atoms with E-state index in [1.807, 2.05) is 41.1 Å². The summed E-state index contributed by atoms with van der Waals surface area (Å²) in [4.78, 5) is 11.8. The molecule has 0 saturated heterocycles. The normalized spacial score (nSPS) is 10.7. The van der Waals surface area contributed by atoms with E-state index in [9.17, 15) is 4.79 Å². The minimum atomic E-state index is -0.0602. The molecule has 3 rings (SSSR count). The minimum absolute atomic E-state index is 0.0602. The molecule has 90 valence electrons. The SMILES string of the molecule is O=C(NCc1[nH]nc2ccccc12)c1ccsc1. The van der Waals surface area contributed by atoms with E-state index < -0.39 is 0 Å². The van der Waals surface area contributed by atoms with Gasteiger partial charge in [0.1, 0.15) is 0 Å². The van der Waals surface area contributed by atoms with Gasteiger partial charge in [-0.05, 0) is 17.5 Å². The number of thiophene rings is 1. The van der Waals surface area contributed by atoms with Crippen molar-refractivity contribution in [3.8, 4) is 0 Å². The number of hydrogen-bond acceptors (Lipinski definition) is 3. The van der Waals surface area contributed by atoms with Crippen LogP contribution in [0.2, 0.25) is 0 Å². The third kappa shape index (κ3) is 2.00. The van der Waals surface area contributed by atoms with Gasteiger partial charge in [0.05, 0.1) is 17.8 Å². The molecule has 1 aromatic carbocycles. The molecule has 0 atom stereocenters. The fraction of sp³-hybridized carbons (Fsp3) is 0.0769. The zero-order valence-electron chi connectivity index (χ0n) is 9.51. The number of hydrogen-bond donors (Lipinski definition) is 2. The fourth-order valence-electron chi connectivity index (χ4n) is 1.81. The maximum absolute atomic E-state index is 11.8. The zero-order valence-corrected chi connectivity index (χ0v) is 10.3. The summed E-state index contributed by atoms with van der Waals surface area (Å²) in [6.07, 6.45) is 0. The summed E-state index contributed by atoms with van der Waals surface area (Å²) in [6.45, 7) is 0.454. The Morgan fingerprint density at radius 3 is 3.06 bits per heavy atom. The van der Waals surface area contributed by atoms with Gasteiger partial charge in [0.25, 0.3) is 5.91 Å². The molecular weight excluding hydrogens is 246 g/mol. The highest BCUT2D eigenvalue weighted by Crippen LogP contribution is 2.15. The van der Waals surface area contributed by atoms with Crippen LogP contribution < -0.4 is 5.32 Å². The summed E-state index contributed by atoms with van der Waals surface area (Å²) in [5.41, 5.74) is 2.54. The van der Waals surface area contributed by atoms with Crippen molar-refractivity contribution in [3.63, 3.8) is 0 Å². The van der Waals surface area contributed by atoms with Crippen LogP contribution in [0.4, 0.5) is 0 Å². The number of nitrogens with zero attached hydrogens (tertiary/aromatic N) is 1.